The van der Waals surface area contributed by atoms with Gasteiger partial charge in [0.1, 0.15) is 28.8 Å². The fourth-order valence-corrected chi connectivity index (χ4v) is 4.80. The van der Waals surface area contributed by atoms with Gasteiger partial charge in [0, 0.05) is 23.3 Å². The predicted octanol–water partition coefficient (Wildman–Crippen LogP) is 4.84. The second-order valence-corrected chi connectivity index (χ2v) is 8.27. The maximum Gasteiger partial charge on any atom is 0.296 e. The van der Waals surface area contributed by atoms with E-state index < -0.39 is 22.3 Å². The number of ketones is 1. The van der Waals surface area contributed by atoms with Crippen LogP contribution in [0.2, 0.25) is 0 Å². The number of halogens is 1. The summed E-state index contributed by atoms with van der Waals surface area (Å²) in [6, 6.07) is 10.4. The summed E-state index contributed by atoms with van der Waals surface area (Å²) in [5, 5.41) is 22.0. The van der Waals surface area contributed by atoms with Crippen molar-refractivity contribution in [2.75, 3.05) is 18.1 Å². The van der Waals surface area contributed by atoms with Crippen LogP contribution in [0.5, 0.6) is 11.5 Å². The molecule has 0 saturated heterocycles. The lowest BCUT2D eigenvalue weighted by molar-refractivity contribution is -0.384. The quantitative estimate of drug-likeness (QED) is 0.429. The largest absolute Gasteiger partial charge is 0.494 e. The highest BCUT2D eigenvalue weighted by atomic mass is 19.1. The van der Waals surface area contributed by atoms with E-state index in [1.807, 2.05) is 13.8 Å². The summed E-state index contributed by atoms with van der Waals surface area (Å²) in [4.78, 5) is 25.8. The molecule has 2 N–H and O–H groups in total. The van der Waals surface area contributed by atoms with Gasteiger partial charge in [-0.3, -0.25) is 19.8 Å². The average molecular weight is 493 g/mol. The molecule has 10 heteroatoms. The molecule has 0 amide bonds. The Morgan fingerprint density at radius 3 is 2.61 bits per heavy atom. The summed E-state index contributed by atoms with van der Waals surface area (Å²) in [6.07, 6.45) is 1.14. The van der Waals surface area contributed by atoms with Crippen LogP contribution in [0.1, 0.15) is 44.6 Å². The number of hydrogen-bond donors (Lipinski definition) is 1. The minimum atomic E-state index is -0.851. The molecule has 1 aliphatic carbocycles. The van der Waals surface area contributed by atoms with Crippen molar-refractivity contribution in [3.63, 3.8) is 0 Å². The molecule has 0 bridgehead atoms. The van der Waals surface area contributed by atoms with Gasteiger partial charge in [0.15, 0.2) is 5.78 Å². The maximum absolute atomic E-state index is 13.9. The second kappa shape index (κ2) is 10.1. The molecular formula is C26H25FN4O5. The monoisotopic (exact) mass is 492 g/mol. The number of nitriles is 1. The zero-order chi connectivity index (χ0) is 26.0. The molecule has 0 radical (unpaired) electrons. The topological polar surface area (TPSA) is 132 Å². The van der Waals surface area contributed by atoms with Crippen LogP contribution in [0, 0.1) is 27.3 Å². The van der Waals surface area contributed by atoms with E-state index in [-0.39, 0.29) is 29.3 Å². The van der Waals surface area contributed by atoms with Gasteiger partial charge in [-0.1, -0.05) is 0 Å². The van der Waals surface area contributed by atoms with E-state index in [0.29, 0.717) is 54.4 Å². The second-order valence-electron chi connectivity index (χ2n) is 8.27. The van der Waals surface area contributed by atoms with Crippen LogP contribution in [0.4, 0.5) is 15.8 Å². The van der Waals surface area contributed by atoms with Crippen LogP contribution in [0.3, 0.4) is 0 Å². The van der Waals surface area contributed by atoms with Gasteiger partial charge in [-0.05, 0) is 57.0 Å². The summed E-state index contributed by atoms with van der Waals surface area (Å²) in [5.41, 5.74) is 7.34. The number of nitro benzene ring substituents is 1. The Morgan fingerprint density at radius 1 is 1.19 bits per heavy atom. The Balaban J connectivity index is 2.02. The van der Waals surface area contributed by atoms with E-state index in [1.165, 1.54) is 11.0 Å². The van der Waals surface area contributed by atoms with Gasteiger partial charge in [-0.25, -0.2) is 4.39 Å². The van der Waals surface area contributed by atoms with Gasteiger partial charge >= 0.3 is 0 Å². The van der Waals surface area contributed by atoms with E-state index in [9.17, 15) is 24.6 Å². The minimum Gasteiger partial charge on any atom is -0.494 e. The van der Waals surface area contributed by atoms with E-state index in [2.05, 4.69) is 6.07 Å². The van der Waals surface area contributed by atoms with Crippen molar-refractivity contribution in [1.82, 2.24) is 0 Å². The predicted molar refractivity (Wildman–Crippen MR) is 130 cm³/mol. The van der Waals surface area contributed by atoms with Gasteiger partial charge in [-0.15, -0.1) is 0 Å². The lowest BCUT2D eigenvalue weighted by atomic mass is 9.75. The Hall–Kier alpha value is -4.39. The molecule has 1 aliphatic heterocycles. The van der Waals surface area contributed by atoms with Crippen molar-refractivity contribution in [2.45, 2.75) is 39.0 Å². The summed E-state index contributed by atoms with van der Waals surface area (Å²) >= 11 is 0. The number of nitro groups is 1. The Kier molecular flexibility index (Phi) is 6.92. The number of hydrogen-bond acceptors (Lipinski definition) is 8. The van der Waals surface area contributed by atoms with Gasteiger partial charge in [-0.2, -0.15) is 5.26 Å². The van der Waals surface area contributed by atoms with E-state index in [0.717, 1.165) is 12.1 Å². The van der Waals surface area contributed by atoms with Crippen LogP contribution in [0.15, 0.2) is 59.1 Å². The molecule has 186 valence electrons. The lowest BCUT2D eigenvalue weighted by Crippen LogP contribution is -2.39. The zero-order valence-corrected chi connectivity index (χ0v) is 19.9. The van der Waals surface area contributed by atoms with E-state index in [4.69, 9.17) is 15.2 Å². The van der Waals surface area contributed by atoms with Gasteiger partial charge < -0.3 is 15.2 Å². The molecule has 1 heterocycles. The van der Waals surface area contributed by atoms with Crippen molar-refractivity contribution >= 4 is 17.2 Å². The van der Waals surface area contributed by atoms with Crippen molar-refractivity contribution < 1.29 is 23.6 Å². The lowest BCUT2D eigenvalue weighted by Gasteiger charge is -2.39. The van der Waals surface area contributed by atoms with Crippen molar-refractivity contribution in [2.24, 2.45) is 5.73 Å². The third-order valence-electron chi connectivity index (χ3n) is 6.19. The Bertz CT molecular complexity index is 1340. The highest BCUT2D eigenvalue weighted by Crippen LogP contribution is 2.50. The number of rotatable bonds is 7. The first kappa shape index (κ1) is 24.7. The third-order valence-corrected chi connectivity index (χ3v) is 6.19. The highest BCUT2D eigenvalue weighted by Gasteiger charge is 2.43. The summed E-state index contributed by atoms with van der Waals surface area (Å²) in [6.45, 7) is 4.43. The molecule has 36 heavy (non-hydrogen) atoms. The smallest absolute Gasteiger partial charge is 0.296 e. The molecule has 9 nitrogen and oxygen atoms in total. The number of carbonyl (C=O) groups excluding carboxylic acids is 1. The number of anilines is 1. The van der Waals surface area contributed by atoms with Gasteiger partial charge in [0.25, 0.3) is 5.69 Å². The molecule has 2 aliphatic rings. The molecule has 0 aromatic heterocycles. The molecule has 0 saturated carbocycles. The van der Waals surface area contributed by atoms with Crippen LogP contribution in [-0.4, -0.2) is 23.9 Å². The summed E-state index contributed by atoms with van der Waals surface area (Å²) in [5.74, 6) is -0.885. The molecule has 1 atom stereocenters. The van der Waals surface area contributed by atoms with Crippen LogP contribution in [0.25, 0.3) is 0 Å². The number of allylic oxidation sites excluding steroid dienone is 3. The number of nitrogens with zero attached hydrogens (tertiary/aromatic N) is 3. The standard InChI is InChI=1S/C26H25FN4O5/c1-3-35-16-9-11-23(36-4-2)17(13-16)24-18(14-28)26(29)30(20-6-5-7-22(32)25(20)24)19-10-8-15(27)12-21(19)31(33)34/h8-13,24H,3-7,29H2,1-2H3. The van der Waals surface area contributed by atoms with Gasteiger partial charge in [0.05, 0.1) is 41.8 Å². The highest BCUT2D eigenvalue weighted by molar-refractivity contribution is 6.01. The number of nitrogens with two attached hydrogens (primary N) is 1. The number of carbonyl (C=O) groups is 1. The summed E-state index contributed by atoms with van der Waals surface area (Å²) < 4.78 is 25.4. The van der Waals surface area contributed by atoms with Crippen molar-refractivity contribution in [3.8, 4) is 17.6 Å². The SMILES string of the molecule is CCOc1ccc(OCC)c(C2C(C#N)=C(N)N(c3ccc(F)cc3[N+](=O)[O-])C3=C2C(=O)CCC3)c1. The van der Waals surface area contributed by atoms with Crippen LogP contribution in [-0.2, 0) is 4.79 Å². The summed E-state index contributed by atoms with van der Waals surface area (Å²) in [7, 11) is 0. The number of Topliss-reactive ketones (excluding diaryl/α,β-unsaturated/α-hetero) is 1. The zero-order valence-electron chi connectivity index (χ0n) is 19.9. The molecule has 2 aromatic rings. The maximum atomic E-state index is 13.9. The fraction of sp³-hybridized carbons (Fsp3) is 0.308. The molecule has 0 fully saturated rings. The van der Waals surface area contributed by atoms with Gasteiger partial charge in [0.2, 0.25) is 0 Å². The normalized spacial score (nSPS) is 17.6. The van der Waals surface area contributed by atoms with E-state index >= 15 is 0 Å². The van der Waals surface area contributed by atoms with Crippen molar-refractivity contribution in [3.05, 3.63) is 80.6 Å². The number of ether oxygens (including phenoxy) is 2. The Labute approximate surface area is 207 Å². The van der Waals surface area contributed by atoms with E-state index in [1.54, 1.807) is 18.2 Å². The molecule has 4 rings (SSSR count). The average Bonchev–Trinajstić information content (AvgIpc) is 2.85. The fourth-order valence-electron chi connectivity index (χ4n) is 4.80. The first-order valence-electron chi connectivity index (χ1n) is 11.6. The minimum absolute atomic E-state index is 0.0135. The molecule has 0 spiro atoms. The molecule has 2 aromatic carbocycles. The Morgan fingerprint density at radius 2 is 1.94 bits per heavy atom. The first-order valence-corrected chi connectivity index (χ1v) is 11.6. The number of benzene rings is 2. The third kappa shape index (κ3) is 4.24. The van der Waals surface area contributed by atoms with Crippen LogP contribution >= 0.6 is 0 Å². The molecule has 1 unspecified atom stereocenters. The van der Waals surface area contributed by atoms with Crippen LogP contribution < -0.4 is 20.1 Å². The van der Waals surface area contributed by atoms with Crippen molar-refractivity contribution in [1.29, 1.82) is 5.26 Å². The molecular weight excluding hydrogens is 467 g/mol. The first-order chi connectivity index (χ1) is 17.3.